The molecule has 0 saturated heterocycles. The number of thiophene rings is 1. The number of nitrogens with one attached hydrogen (secondary N) is 2. The molecule has 8 heteroatoms. The largest absolute Gasteiger partial charge is 0.495 e. The molecule has 0 bridgehead atoms. The maximum Gasteiger partial charge on any atom is 0.258 e. The van der Waals surface area contributed by atoms with Crippen molar-refractivity contribution in [1.82, 2.24) is 15.3 Å². The molecule has 2 N–H and O–H groups in total. The molecule has 0 atom stereocenters. The molecule has 1 amide bonds. The highest BCUT2D eigenvalue weighted by Gasteiger charge is 2.13. The first-order valence-electron chi connectivity index (χ1n) is 10.2. The van der Waals surface area contributed by atoms with Gasteiger partial charge < -0.3 is 20.1 Å². The van der Waals surface area contributed by atoms with Gasteiger partial charge in [0.05, 0.1) is 23.0 Å². The van der Waals surface area contributed by atoms with Gasteiger partial charge in [0.2, 0.25) is 0 Å². The normalized spacial score (nSPS) is 10.9. The first-order chi connectivity index (χ1) is 15.5. The number of methoxy groups -OCH3 is 1. The number of carbonyl (C=O) groups is 1. The first kappa shape index (κ1) is 21.6. The van der Waals surface area contributed by atoms with Crippen LogP contribution in [0.3, 0.4) is 0 Å². The van der Waals surface area contributed by atoms with Gasteiger partial charge in [-0.05, 0) is 49.6 Å². The number of benzene rings is 2. The zero-order valence-electron chi connectivity index (χ0n) is 18.1. The van der Waals surface area contributed by atoms with Gasteiger partial charge in [-0.2, -0.15) is 0 Å². The third-order valence-corrected chi connectivity index (χ3v) is 5.49. The summed E-state index contributed by atoms with van der Waals surface area (Å²) in [4.78, 5) is 21.4. The van der Waals surface area contributed by atoms with Crippen molar-refractivity contribution in [1.29, 1.82) is 0 Å². The van der Waals surface area contributed by atoms with Gasteiger partial charge in [-0.15, -0.1) is 11.3 Å². The number of hydrogen-bond acceptors (Lipinski definition) is 7. The molecule has 2 aromatic heterocycles. The molecule has 0 unspecified atom stereocenters. The van der Waals surface area contributed by atoms with E-state index >= 15 is 0 Å². The van der Waals surface area contributed by atoms with Gasteiger partial charge in [0, 0.05) is 11.6 Å². The number of nitrogens with zero attached hydrogens (tertiary/aromatic N) is 2. The van der Waals surface area contributed by atoms with Gasteiger partial charge in [0.25, 0.3) is 5.91 Å². The number of para-hydroxylation sites is 2. The Balaban J connectivity index is 1.63. The first-order valence-corrected chi connectivity index (χ1v) is 11.1. The van der Waals surface area contributed by atoms with E-state index in [-0.39, 0.29) is 18.6 Å². The number of amides is 1. The van der Waals surface area contributed by atoms with Crippen molar-refractivity contribution in [3.8, 4) is 22.9 Å². The Kier molecular flexibility index (Phi) is 6.51. The molecule has 0 aliphatic heterocycles. The second kappa shape index (κ2) is 9.65. The topological polar surface area (TPSA) is 85.4 Å². The van der Waals surface area contributed by atoms with Crippen LogP contribution >= 0.6 is 11.3 Å². The van der Waals surface area contributed by atoms with Crippen LogP contribution in [0.25, 0.3) is 21.6 Å². The van der Waals surface area contributed by atoms with Crippen LogP contribution in [0, 0.1) is 0 Å². The summed E-state index contributed by atoms with van der Waals surface area (Å²) in [5.41, 5.74) is 2.46. The van der Waals surface area contributed by atoms with Crippen LogP contribution in [0.5, 0.6) is 11.5 Å². The van der Waals surface area contributed by atoms with E-state index in [0.29, 0.717) is 17.4 Å². The highest BCUT2D eigenvalue weighted by molar-refractivity contribution is 7.17. The van der Waals surface area contributed by atoms with Gasteiger partial charge in [-0.1, -0.05) is 24.3 Å². The summed E-state index contributed by atoms with van der Waals surface area (Å²) in [6, 6.07) is 17.2. The summed E-state index contributed by atoms with van der Waals surface area (Å²) < 4.78 is 12.1. The number of carbonyl (C=O) groups excluding carboxylic acids is 1. The van der Waals surface area contributed by atoms with Crippen molar-refractivity contribution in [3.05, 3.63) is 60.0 Å². The van der Waals surface area contributed by atoms with E-state index in [1.54, 1.807) is 18.4 Å². The molecule has 164 valence electrons. The number of ether oxygens (including phenoxy) is 2. The third kappa shape index (κ3) is 4.97. The van der Waals surface area contributed by atoms with Gasteiger partial charge in [-0.3, -0.25) is 4.79 Å². The van der Waals surface area contributed by atoms with Crippen LogP contribution in [-0.2, 0) is 4.79 Å². The van der Waals surface area contributed by atoms with Crippen LogP contribution in [0.2, 0.25) is 0 Å². The van der Waals surface area contributed by atoms with E-state index in [0.717, 1.165) is 27.2 Å². The van der Waals surface area contributed by atoms with Crippen LogP contribution < -0.4 is 20.1 Å². The van der Waals surface area contributed by atoms with Crippen molar-refractivity contribution in [2.45, 2.75) is 19.9 Å². The number of aromatic nitrogens is 2. The summed E-state index contributed by atoms with van der Waals surface area (Å²) in [5, 5.41) is 8.19. The molecule has 0 aliphatic carbocycles. The number of rotatable bonds is 8. The predicted molar refractivity (Wildman–Crippen MR) is 128 cm³/mol. The Morgan fingerprint density at radius 1 is 1.09 bits per heavy atom. The minimum absolute atomic E-state index is 0.0489. The Morgan fingerprint density at radius 3 is 2.75 bits per heavy atom. The molecule has 32 heavy (non-hydrogen) atoms. The lowest BCUT2D eigenvalue weighted by Gasteiger charge is -2.13. The van der Waals surface area contributed by atoms with Crippen molar-refractivity contribution >= 4 is 39.0 Å². The summed E-state index contributed by atoms with van der Waals surface area (Å²) >= 11 is 1.57. The monoisotopic (exact) mass is 448 g/mol. The van der Waals surface area contributed by atoms with E-state index in [2.05, 4.69) is 10.6 Å². The molecular formula is C24H24N4O3S. The zero-order chi connectivity index (χ0) is 22.5. The molecule has 7 nitrogen and oxygen atoms in total. The van der Waals surface area contributed by atoms with Crippen LogP contribution in [-0.4, -0.2) is 35.6 Å². The quantitative estimate of drug-likeness (QED) is 0.394. The van der Waals surface area contributed by atoms with Crippen molar-refractivity contribution < 1.29 is 14.3 Å². The maximum absolute atomic E-state index is 11.9. The SMILES string of the molecule is COc1ccccc1Nc1nc(-c2cccc(OCC(=O)NC(C)C)c2)nc2ccsc12. The molecule has 2 aromatic carbocycles. The van der Waals surface area contributed by atoms with Gasteiger partial charge >= 0.3 is 0 Å². The molecule has 4 rings (SSSR count). The fraction of sp³-hybridized carbons (Fsp3) is 0.208. The molecule has 0 fully saturated rings. The van der Waals surface area contributed by atoms with Crippen molar-refractivity contribution in [2.24, 2.45) is 0 Å². The summed E-state index contributed by atoms with van der Waals surface area (Å²) in [5.74, 6) is 2.41. The van der Waals surface area contributed by atoms with Crippen LogP contribution in [0.15, 0.2) is 60.0 Å². The van der Waals surface area contributed by atoms with E-state index in [4.69, 9.17) is 19.4 Å². The molecule has 0 radical (unpaired) electrons. The van der Waals surface area contributed by atoms with Gasteiger partial charge in [-0.25, -0.2) is 9.97 Å². The summed E-state index contributed by atoms with van der Waals surface area (Å²) in [6.45, 7) is 3.77. The Hall–Kier alpha value is -3.65. The van der Waals surface area contributed by atoms with E-state index in [1.807, 2.05) is 73.8 Å². The minimum atomic E-state index is -0.162. The number of fused-ring (bicyclic) bond motifs is 1. The summed E-state index contributed by atoms with van der Waals surface area (Å²) in [6.07, 6.45) is 0. The predicted octanol–water partition coefficient (Wildman–Crippen LogP) is 5.01. The third-order valence-electron chi connectivity index (χ3n) is 4.58. The molecule has 0 saturated carbocycles. The summed E-state index contributed by atoms with van der Waals surface area (Å²) in [7, 11) is 1.64. The standard InChI is InChI=1S/C24H24N4O3S/c1-15(2)25-21(29)14-31-17-8-6-7-16(13-17)23-27-19-11-12-32-22(19)24(28-23)26-18-9-4-5-10-20(18)30-3/h4-13,15H,14H2,1-3H3,(H,25,29)(H,26,27,28). The average molecular weight is 449 g/mol. The van der Waals surface area contributed by atoms with E-state index in [1.165, 1.54) is 0 Å². The Labute approximate surface area is 190 Å². The number of hydrogen-bond donors (Lipinski definition) is 2. The highest BCUT2D eigenvalue weighted by Crippen LogP contribution is 2.34. The minimum Gasteiger partial charge on any atom is -0.495 e. The zero-order valence-corrected chi connectivity index (χ0v) is 18.9. The maximum atomic E-state index is 11.9. The molecule has 0 spiro atoms. The highest BCUT2D eigenvalue weighted by atomic mass is 32.1. The van der Waals surface area contributed by atoms with Crippen molar-refractivity contribution in [2.75, 3.05) is 19.0 Å². The van der Waals surface area contributed by atoms with Crippen molar-refractivity contribution in [3.63, 3.8) is 0 Å². The fourth-order valence-electron chi connectivity index (χ4n) is 3.19. The molecule has 2 heterocycles. The smallest absolute Gasteiger partial charge is 0.258 e. The van der Waals surface area contributed by atoms with E-state index in [9.17, 15) is 4.79 Å². The van der Waals surface area contributed by atoms with E-state index < -0.39 is 0 Å². The lowest BCUT2D eigenvalue weighted by Crippen LogP contribution is -2.34. The van der Waals surface area contributed by atoms with Gasteiger partial charge in [0.15, 0.2) is 18.2 Å². The van der Waals surface area contributed by atoms with Crippen LogP contribution in [0.4, 0.5) is 11.5 Å². The Bertz CT molecular complexity index is 1240. The lowest BCUT2D eigenvalue weighted by atomic mass is 10.2. The molecular weight excluding hydrogens is 424 g/mol. The molecule has 4 aromatic rings. The van der Waals surface area contributed by atoms with Crippen LogP contribution in [0.1, 0.15) is 13.8 Å². The second-order valence-electron chi connectivity index (χ2n) is 7.39. The lowest BCUT2D eigenvalue weighted by molar-refractivity contribution is -0.123. The second-order valence-corrected chi connectivity index (χ2v) is 8.31. The fourth-order valence-corrected chi connectivity index (χ4v) is 3.97. The molecule has 0 aliphatic rings. The average Bonchev–Trinajstić information content (AvgIpc) is 3.27. The Morgan fingerprint density at radius 2 is 1.94 bits per heavy atom. The number of anilines is 2. The van der Waals surface area contributed by atoms with Gasteiger partial charge in [0.1, 0.15) is 11.5 Å².